The molecule has 0 atom stereocenters. The first-order valence-electron chi connectivity index (χ1n) is 4.85. The first-order chi connectivity index (χ1) is 6.83. The van der Waals surface area contributed by atoms with Crippen molar-refractivity contribution in [2.24, 2.45) is 0 Å². The van der Waals surface area contributed by atoms with Crippen LogP contribution < -0.4 is 4.90 Å². The summed E-state index contributed by atoms with van der Waals surface area (Å²) in [5, 5.41) is 0. The molecular formula is C12H13NO. The molecule has 0 unspecified atom stereocenters. The van der Waals surface area contributed by atoms with E-state index in [-0.39, 0.29) is 5.91 Å². The topological polar surface area (TPSA) is 20.3 Å². The Morgan fingerprint density at radius 3 is 3.00 bits per heavy atom. The second-order valence-electron chi connectivity index (χ2n) is 3.37. The number of amides is 1. The van der Waals surface area contributed by atoms with Crippen molar-refractivity contribution in [1.82, 2.24) is 0 Å². The van der Waals surface area contributed by atoms with Gasteiger partial charge in [0.2, 0.25) is 0 Å². The van der Waals surface area contributed by atoms with Crippen LogP contribution in [0.1, 0.15) is 12.5 Å². The van der Waals surface area contributed by atoms with Crippen LogP contribution >= 0.6 is 0 Å². The molecule has 0 bridgehead atoms. The van der Waals surface area contributed by atoms with Crippen LogP contribution in [0.15, 0.2) is 36.4 Å². The highest BCUT2D eigenvalue weighted by Crippen LogP contribution is 2.27. The molecule has 1 amide bonds. The molecule has 2 nitrogen and oxygen atoms in total. The number of hydrogen-bond acceptors (Lipinski definition) is 1. The second kappa shape index (κ2) is 3.66. The Morgan fingerprint density at radius 2 is 2.21 bits per heavy atom. The third-order valence-corrected chi connectivity index (χ3v) is 2.46. The Balaban J connectivity index is 2.30. The van der Waals surface area contributed by atoms with Gasteiger partial charge in [0.1, 0.15) is 0 Å². The fourth-order valence-corrected chi connectivity index (χ4v) is 1.80. The van der Waals surface area contributed by atoms with Crippen molar-refractivity contribution in [3.05, 3.63) is 42.0 Å². The van der Waals surface area contributed by atoms with Crippen LogP contribution in [0.3, 0.4) is 0 Å². The third-order valence-electron chi connectivity index (χ3n) is 2.46. The lowest BCUT2D eigenvalue weighted by Crippen LogP contribution is -2.26. The lowest BCUT2D eigenvalue weighted by atomic mass is 10.2. The molecule has 14 heavy (non-hydrogen) atoms. The maximum Gasteiger partial charge on any atom is 0.250 e. The van der Waals surface area contributed by atoms with Gasteiger partial charge in [0.25, 0.3) is 5.91 Å². The number of benzene rings is 1. The Bertz CT molecular complexity index is 382. The van der Waals surface area contributed by atoms with Crippen molar-refractivity contribution in [3.8, 4) is 0 Å². The molecule has 2 rings (SSSR count). The molecule has 0 saturated heterocycles. The van der Waals surface area contributed by atoms with E-state index < -0.39 is 0 Å². The molecule has 0 aliphatic carbocycles. The van der Waals surface area contributed by atoms with E-state index in [2.05, 4.69) is 6.07 Å². The van der Waals surface area contributed by atoms with Crippen molar-refractivity contribution in [3.63, 3.8) is 0 Å². The summed E-state index contributed by atoms with van der Waals surface area (Å²) in [5.74, 6) is 0.0810. The summed E-state index contributed by atoms with van der Waals surface area (Å²) >= 11 is 0. The Labute approximate surface area is 83.8 Å². The lowest BCUT2D eigenvalue weighted by Gasteiger charge is -2.14. The number of fused-ring (bicyclic) bond motifs is 1. The molecule has 0 fully saturated rings. The van der Waals surface area contributed by atoms with Crippen LogP contribution in [-0.2, 0) is 11.2 Å². The zero-order valence-corrected chi connectivity index (χ0v) is 8.23. The highest BCUT2D eigenvalue weighted by Gasteiger charge is 2.21. The van der Waals surface area contributed by atoms with E-state index in [1.165, 1.54) is 5.56 Å². The summed E-state index contributed by atoms with van der Waals surface area (Å²) in [6.07, 6.45) is 4.37. The maximum absolute atomic E-state index is 11.6. The average Bonchev–Trinajstić information content (AvgIpc) is 2.61. The SMILES string of the molecule is C/C=C/C(=O)N1CCc2ccccc21. The Hall–Kier alpha value is -1.57. The first kappa shape index (κ1) is 9.00. The standard InChI is InChI=1S/C12H13NO/c1-2-5-12(14)13-9-8-10-6-3-4-7-11(10)13/h2-7H,8-9H2,1H3/b5-2+. The molecular weight excluding hydrogens is 174 g/mol. The van der Waals surface area contributed by atoms with Gasteiger partial charge in [-0.1, -0.05) is 24.3 Å². The van der Waals surface area contributed by atoms with E-state index in [9.17, 15) is 4.79 Å². The van der Waals surface area contributed by atoms with Gasteiger partial charge in [0, 0.05) is 12.2 Å². The second-order valence-corrected chi connectivity index (χ2v) is 3.37. The third kappa shape index (κ3) is 1.43. The molecule has 72 valence electrons. The number of para-hydroxylation sites is 1. The van der Waals surface area contributed by atoms with E-state index >= 15 is 0 Å². The van der Waals surface area contributed by atoms with Crippen molar-refractivity contribution in [2.75, 3.05) is 11.4 Å². The number of hydrogen-bond donors (Lipinski definition) is 0. The van der Waals surface area contributed by atoms with Gasteiger partial charge in [-0.3, -0.25) is 4.79 Å². The summed E-state index contributed by atoms with van der Waals surface area (Å²) in [5.41, 5.74) is 2.33. The summed E-state index contributed by atoms with van der Waals surface area (Å²) in [4.78, 5) is 13.5. The highest BCUT2D eigenvalue weighted by molar-refractivity contribution is 6.02. The van der Waals surface area contributed by atoms with Crippen LogP contribution in [0.25, 0.3) is 0 Å². The van der Waals surface area contributed by atoms with E-state index in [4.69, 9.17) is 0 Å². The quantitative estimate of drug-likeness (QED) is 0.617. The van der Waals surface area contributed by atoms with E-state index in [1.54, 1.807) is 12.2 Å². The zero-order valence-electron chi connectivity index (χ0n) is 8.23. The average molecular weight is 187 g/mol. The van der Waals surface area contributed by atoms with E-state index in [0.29, 0.717) is 0 Å². The van der Waals surface area contributed by atoms with Crippen LogP contribution in [0, 0.1) is 0 Å². The first-order valence-corrected chi connectivity index (χ1v) is 4.85. The minimum Gasteiger partial charge on any atom is -0.308 e. The van der Waals surface area contributed by atoms with Crippen molar-refractivity contribution in [1.29, 1.82) is 0 Å². The van der Waals surface area contributed by atoms with Gasteiger partial charge >= 0.3 is 0 Å². The molecule has 0 radical (unpaired) electrons. The van der Waals surface area contributed by atoms with Crippen LogP contribution in [0.5, 0.6) is 0 Å². The number of carbonyl (C=O) groups excluding carboxylic acids is 1. The summed E-state index contributed by atoms with van der Waals surface area (Å²) in [7, 11) is 0. The van der Waals surface area contributed by atoms with Gasteiger partial charge in [0.15, 0.2) is 0 Å². The largest absolute Gasteiger partial charge is 0.308 e. The monoisotopic (exact) mass is 187 g/mol. The predicted octanol–water partition coefficient (Wildman–Crippen LogP) is 2.15. The van der Waals surface area contributed by atoms with Gasteiger partial charge in [-0.25, -0.2) is 0 Å². The Kier molecular flexibility index (Phi) is 2.35. The molecule has 0 spiro atoms. The number of carbonyl (C=O) groups is 1. The van der Waals surface area contributed by atoms with Crippen molar-refractivity contribution >= 4 is 11.6 Å². The van der Waals surface area contributed by atoms with Gasteiger partial charge in [0.05, 0.1) is 0 Å². The van der Waals surface area contributed by atoms with Crippen molar-refractivity contribution < 1.29 is 4.79 Å². The van der Waals surface area contributed by atoms with Gasteiger partial charge in [-0.05, 0) is 31.1 Å². The molecule has 0 saturated carbocycles. The van der Waals surface area contributed by atoms with Gasteiger partial charge < -0.3 is 4.90 Å². The highest BCUT2D eigenvalue weighted by atomic mass is 16.2. The smallest absolute Gasteiger partial charge is 0.250 e. The normalized spacial score (nSPS) is 14.8. The van der Waals surface area contributed by atoms with Crippen molar-refractivity contribution in [2.45, 2.75) is 13.3 Å². The van der Waals surface area contributed by atoms with Crippen LogP contribution in [0.4, 0.5) is 5.69 Å². The minimum atomic E-state index is 0.0810. The predicted molar refractivity (Wildman–Crippen MR) is 57.3 cm³/mol. The molecule has 0 N–H and O–H groups in total. The minimum absolute atomic E-state index is 0.0810. The fourth-order valence-electron chi connectivity index (χ4n) is 1.80. The van der Waals surface area contributed by atoms with Crippen LogP contribution in [-0.4, -0.2) is 12.5 Å². The van der Waals surface area contributed by atoms with Crippen LogP contribution in [0.2, 0.25) is 0 Å². The maximum atomic E-state index is 11.6. The fraction of sp³-hybridized carbons (Fsp3) is 0.250. The summed E-state index contributed by atoms with van der Waals surface area (Å²) < 4.78 is 0. The molecule has 1 aromatic rings. The molecule has 1 aliphatic rings. The van der Waals surface area contributed by atoms with E-state index in [1.807, 2.05) is 30.0 Å². The Morgan fingerprint density at radius 1 is 1.43 bits per heavy atom. The van der Waals surface area contributed by atoms with Gasteiger partial charge in [-0.15, -0.1) is 0 Å². The molecule has 1 aliphatic heterocycles. The number of nitrogens with zero attached hydrogens (tertiary/aromatic N) is 1. The number of rotatable bonds is 1. The lowest BCUT2D eigenvalue weighted by molar-refractivity contribution is -0.114. The molecule has 0 aromatic heterocycles. The molecule has 1 aromatic carbocycles. The summed E-state index contributed by atoms with van der Waals surface area (Å²) in [6, 6.07) is 8.07. The van der Waals surface area contributed by atoms with Gasteiger partial charge in [-0.2, -0.15) is 0 Å². The molecule has 2 heteroatoms. The zero-order chi connectivity index (χ0) is 9.97. The number of anilines is 1. The molecule has 1 heterocycles. The van der Waals surface area contributed by atoms with E-state index in [0.717, 1.165) is 18.7 Å². The summed E-state index contributed by atoms with van der Waals surface area (Å²) in [6.45, 7) is 2.67. The number of allylic oxidation sites excluding steroid dienone is 1.